The van der Waals surface area contributed by atoms with Gasteiger partial charge in [-0.3, -0.25) is 0 Å². The molecular weight excluding hydrogens is 455 g/mol. The van der Waals surface area contributed by atoms with E-state index >= 15 is 0 Å². The number of hydrogen-bond acceptors (Lipinski definition) is 9. The first-order valence-electron chi connectivity index (χ1n) is 2.21. The van der Waals surface area contributed by atoms with Crippen LogP contribution in [0.2, 0.25) is 0 Å². The molecule has 0 unspecified atom stereocenters. The van der Waals surface area contributed by atoms with Gasteiger partial charge in [0.15, 0.2) is 30.9 Å². The Morgan fingerprint density at radius 3 is 0.562 bits per heavy atom. The van der Waals surface area contributed by atoms with Crippen molar-refractivity contribution in [3.8, 4) is 0 Å². The summed E-state index contributed by atoms with van der Waals surface area (Å²) >= 11 is 0. The molecule has 12 nitrogen and oxygen atoms in total. The van der Waals surface area contributed by atoms with E-state index in [0.717, 1.165) is 0 Å². The fourth-order valence-electron chi connectivity index (χ4n) is 0. The Labute approximate surface area is 130 Å². The second-order valence-corrected chi connectivity index (χ2v) is 4.44. The van der Waals surface area contributed by atoms with E-state index < -0.39 is 30.9 Å². The van der Waals surface area contributed by atoms with Gasteiger partial charge in [-0.05, 0) is 0 Å². The van der Waals surface area contributed by atoms with Gasteiger partial charge < -0.3 is 13.7 Å². The maximum atomic E-state index is 8.85. The fraction of sp³-hybridized carbons (Fsp3) is 0. The molecule has 0 rings (SSSR count). The molecule has 0 aliphatic rings. The third-order valence-corrected chi connectivity index (χ3v) is 0. The normalized spacial score (nSPS) is 10.9. The summed E-state index contributed by atoms with van der Waals surface area (Å²) in [4.78, 5) is 0. The maximum absolute atomic E-state index is 8.85. The molecule has 0 aromatic rings. The summed E-state index contributed by atoms with van der Waals surface area (Å²) in [5.74, 6) is 0. The summed E-state index contributed by atoms with van der Waals surface area (Å²) in [6.07, 6.45) is 0. The Bertz CT molecular complexity index is 347. The Hall–Kier alpha value is 1.13. The topological polar surface area (TPSA) is 250 Å². The maximum Gasteiger partial charge on any atom is 3.00 e. The molecule has 0 saturated carbocycles. The van der Waals surface area contributed by atoms with Crippen molar-refractivity contribution in [3.05, 3.63) is 0 Å². The molecule has 16 heavy (non-hydrogen) atoms. The van der Waals surface area contributed by atoms with Crippen LogP contribution in [0.15, 0.2) is 0 Å². The number of nitrogens with two attached hydrogens (primary N) is 3. The zero-order chi connectivity index (χ0) is 13.5. The zero-order valence-corrected chi connectivity index (χ0v) is 11.1. The molecule has 0 heterocycles. The average molecular weight is 461 g/mol. The van der Waals surface area contributed by atoms with E-state index in [9.17, 15) is 0 Å². The molecule has 0 saturated heterocycles. The second-order valence-electron chi connectivity index (χ2n) is 1.48. The van der Waals surface area contributed by atoms with Crippen LogP contribution in [0, 0.1) is 46.9 Å². The monoisotopic (exact) mass is 462 g/mol. The molecule has 0 aliphatic heterocycles. The number of rotatable bonds is 0. The molecule has 0 fully saturated rings. The molecule has 1 radical (unpaired) electrons. The van der Waals surface area contributed by atoms with Crippen LogP contribution < -0.4 is 15.4 Å². The van der Waals surface area contributed by atoms with Gasteiger partial charge in [-0.2, -0.15) is 0 Å². The van der Waals surface area contributed by atoms with Gasteiger partial charge in [0.05, 0.1) is 0 Å². The Balaban J connectivity index is -0.0000000655. The predicted octanol–water partition coefficient (Wildman–Crippen LogP) is -4.78. The van der Waals surface area contributed by atoms with Gasteiger partial charge in [-0.25, -0.2) is 40.7 Å². The van der Waals surface area contributed by atoms with Gasteiger partial charge in [0.2, 0.25) is 0 Å². The van der Waals surface area contributed by atoms with Gasteiger partial charge in [0, 0.05) is 0 Å². The van der Waals surface area contributed by atoms with Gasteiger partial charge in [0.1, 0.15) is 0 Å². The van der Waals surface area contributed by atoms with E-state index in [1.54, 1.807) is 0 Å². The molecular formula is H6N3O9S3Yb. The van der Waals surface area contributed by atoms with Crippen molar-refractivity contribution >= 4 is 30.9 Å². The molecule has 0 atom stereocenters. The Morgan fingerprint density at radius 2 is 0.562 bits per heavy atom. The van der Waals surface area contributed by atoms with E-state index in [-0.39, 0.29) is 46.9 Å². The van der Waals surface area contributed by atoms with Crippen LogP contribution in [0.4, 0.5) is 0 Å². The predicted molar refractivity (Wildman–Crippen MR) is 41.7 cm³/mol. The standard InChI is InChI=1S/3H3NO3S.Yb/c3*1-5(2,3)4;/h3*(H3,1,2,3,4);/q;;;+3/p-3. The van der Waals surface area contributed by atoms with Crippen molar-refractivity contribution in [1.82, 2.24) is 0 Å². The van der Waals surface area contributed by atoms with Gasteiger partial charge in [-0.15, -0.1) is 0 Å². The van der Waals surface area contributed by atoms with E-state index in [4.69, 9.17) is 38.9 Å². The first-order chi connectivity index (χ1) is 6.00. The van der Waals surface area contributed by atoms with Crippen molar-refractivity contribution in [2.75, 3.05) is 0 Å². The smallest absolute Gasteiger partial charge is 0.736 e. The van der Waals surface area contributed by atoms with E-state index in [2.05, 4.69) is 15.4 Å². The van der Waals surface area contributed by atoms with Gasteiger partial charge in [-0.1, -0.05) is 0 Å². The van der Waals surface area contributed by atoms with Crippen LogP contribution in [-0.4, -0.2) is 38.9 Å². The Kier molecular flexibility index (Phi) is 16.3. The minimum absolute atomic E-state index is 0. The molecule has 0 aromatic heterocycles. The van der Waals surface area contributed by atoms with Crippen LogP contribution in [0.25, 0.3) is 0 Å². The fourth-order valence-corrected chi connectivity index (χ4v) is 0. The Morgan fingerprint density at radius 1 is 0.562 bits per heavy atom. The molecule has 0 aromatic carbocycles. The first kappa shape index (κ1) is 25.9. The van der Waals surface area contributed by atoms with E-state index in [1.807, 2.05) is 0 Å². The molecule has 0 spiro atoms. The van der Waals surface area contributed by atoms with Gasteiger partial charge in [0.25, 0.3) is 0 Å². The van der Waals surface area contributed by atoms with Crippen molar-refractivity contribution < 1.29 is 85.8 Å². The summed E-state index contributed by atoms with van der Waals surface area (Å²) in [5.41, 5.74) is 0. The van der Waals surface area contributed by atoms with E-state index in [1.165, 1.54) is 0 Å². The largest absolute Gasteiger partial charge is 3.00 e. The number of hydrogen-bond donors (Lipinski definition) is 3. The van der Waals surface area contributed by atoms with E-state index in [0.29, 0.717) is 0 Å². The molecule has 0 bridgehead atoms. The zero-order valence-electron chi connectivity index (χ0n) is 6.90. The summed E-state index contributed by atoms with van der Waals surface area (Å²) in [6, 6.07) is 0. The van der Waals surface area contributed by atoms with Crippen molar-refractivity contribution in [2.24, 2.45) is 15.4 Å². The van der Waals surface area contributed by atoms with Crippen molar-refractivity contribution in [1.29, 1.82) is 0 Å². The van der Waals surface area contributed by atoms with Crippen LogP contribution in [0.5, 0.6) is 0 Å². The third-order valence-electron chi connectivity index (χ3n) is 0. The molecule has 107 valence electrons. The summed E-state index contributed by atoms with van der Waals surface area (Å²) < 4.78 is 79.7. The minimum Gasteiger partial charge on any atom is -0.736 e. The first-order valence-corrected chi connectivity index (χ1v) is 6.62. The molecule has 0 aliphatic carbocycles. The second kappa shape index (κ2) is 10.1. The SMILES string of the molecule is NS(=O)(=O)[O-].NS(=O)(=O)[O-].NS(=O)(=O)[O-].[Yb+3]. The average Bonchev–Trinajstić information content (AvgIpc) is 1.41. The van der Waals surface area contributed by atoms with Crippen molar-refractivity contribution in [3.63, 3.8) is 0 Å². The van der Waals surface area contributed by atoms with Crippen LogP contribution in [0.1, 0.15) is 0 Å². The molecule has 6 N–H and O–H groups in total. The van der Waals surface area contributed by atoms with Crippen LogP contribution >= 0.6 is 0 Å². The summed E-state index contributed by atoms with van der Waals surface area (Å²) in [5, 5.41) is 11.3. The summed E-state index contributed by atoms with van der Waals surface area (Å²) in [6.45, 7) is 0. The van der Waals surface area contributed by atoms with Crippen LogP contribution in [-0.2, 0) is 30.9 Å². The third kappa shape index (κ3) is 2370. The van der Waals surface area contributed by atoms with Crippen molar-refractivity contribution in [2.45, 2.75) is 0 Å². The molecule has 16 heteroatoms. The van der Waals surface area contributed by atoms with Crippen LogP contribution in [0.3, 0.4) is 0 Å². The van der Waals surface area contributed by atoms with Gasteiger partial charge >= 0.3 is 46.9 Å². The quantitative estimate of drug-likeness (QED) is 0.292. The summed E-state index contributed by atoms with van der Waals surface area (Å²) in [7, 11) is -13.2. The minimum atomic E-state index is -4.42. The molecule has 0 amide bonds.